The van der Waals surface area contributed by atoms with Crippen molar-refractivity contribution in [1.29, 1.82) is 0 Å². The van der Waals surface area contributed by atoms with E-state index < -0.39 is 0 Å². The van der Waals surface area contributed by atoms with Crippen molar-refractivity contribution in [2.45, 2.75) is 19.0 Å². The number of carbonyl (C=O) groups excluding carboxylic acids is 1. The average Bonchev–Trinajstić information content (AvgIpc) is 3.10. The topological polar surface area (TPSA) is 92.7 Å². The largest absolute Gasteiger partial charge is 0.325 e. The molecule has 4 aromatic rings. The quantitative estimate of drug-likeness (QED) is 0.479. The van der Waals surface area contributed by atoms with Crippen molar-refractivity contribution < 1.29 is 9.18 Å². The minimum atomic E-state index is -0.382. The molecule has 0 aliphatic rings. The number of aromatic nitrogens is 4. The molecule has 152 valence electrons. The van der Waals surface area contributed by atoms with Crippen molar-refractivity contribution in [3.63, 3.8) is 0 Å². The van der Waals surface area contributed by atoms with E-state index in [9.17, 15) is 14.0 Å². The van der Waals surface area contributed by atoms with Crippen LogP contribution >= 0.6 is 11.8 Å². The molecule has 2 aromatic carbocycles. The standard InChI is InChI=1S/C21H18FN5O2S/c1-12-3-7-15(8-4-12)27-19-18(20(29)24-11-23-19)26-21(27)30-10-17(28)25-14-6-5-13(2)16(22)9-14/h3-9,11H,10H2,1-2H3,(H,25,28)(H,23,24,29). The van der Waals surface area contributed by atoms with E-state index in [1.807, 2.05) is 31.2 Å². The molecule has 2 N–H and O–H groups in total. The molecule has 0 fully saturated rings. The van der Waals surface area contributed by atoms with Gasteiger partial charge in [-0.1, -0.05) is 35.5 Å². The van der Waals surface area contributed by atoms with Crippen molar-refractivity contribution in [2.24, 2.45) is 0 Å². The number of nitrogens with one attached hydrogen (secondary N) is 2. The van der Waals surface area contributed by atoms with E-state index in [4.69, 9.17) is 0 Å². The van der Waals surface area contributed by atoms with Crippen LogP contribution in [0.25, 0.3) is 16.9 Å². The van der Waals surface area contributed by atoms with Gasteiger partial charge in [-0.2, -0.15) is 0 Å². The molecule has 0 radical (unpaired) electrons. The molecular weight excluding hydrogens is 405 g/mol. The van der Waals surface area contributed by atoms with Crippen LogP contribution in [0.1, 0.15) is 11.1 Å². The second-order valence-electron chi connectivity index (χ2n) is 6.77. The van der Waals surface area contributed by atoms with E-state index in [1.165, 1.54) is 24.2 Å². The van der Waals surface area contributed by atoms with Gasteiger partial charge in [0.1, 0.15) is 5.82 Å². The Kier molecular flexibility index (Phi) is 5.37. The molecule has 7 nitrogen and oxygen atoms in total. The molecule has 0 saturated heterocycles. The second kappa shape index (κ2) is 8.11. The lowest BCUT2D eigenvalue weighted by molar-refractivity contribution is -0.113. The molecule has 0 spiro atoms. The maximum atomic E-state index is 13.7. The van der Waals surface area contributed by atoms with E-state index >= 15 is 0 Å². The van der Waals surface area contributed by atoms with Gasteiger partial charge in [0.05, 0.1) is 12.1 Å². The number of imidazole rings is 1. The average molecular weight is 423 g/mol. The summed E-state index contributed by atoms with van der Waals surface area (Å²) in [6, 6.07) is 12.2. The van der Waals surface area contributed by atoms with Gasteiger partial charge in [-0.25, -0.2) is 14.4 Å². The Morgan fingerprint density at radius 1 is 1.20 bits per heavy atom. The zero-order valence-electron chi connectivity index (χ0n) is 16.3. The van der Waals surface area contributed by atoms with Crippen molar-refractivity contribution in [3.8, 4) is 5.69 Å². The number of thioether (sulfide) groups is 1. The van der Waals surface area contributed by atoms with Crippen LogP contribution in [0.5, 0.6) is 0 Å². The van der Waals surface area contributed by atoms with Gasteiger partial charge < -0.3 is 10.3 Å². The third kappa shape index (κ3) is 3.97. The number of carbonyl (C=O) groups is 1. The summed E-state index contributed by atoms with van der Waals surface area (Å²) in [5.41, 5.74) is 3.01. The number of rotatable bonds is 5. The number of benzene rings is 2. The third-order valence-electron chi connectivity index (χ3n) is 4.50. The van der Waals surface area contributed by atoms with Crippen LogP contribution in [0.15, 0.2) is 58.7 Å². The Balaban J connectivity index is 1.62. The Hall–Kier alpha value is -3.46. The summed E-state index contributed by atoms with van der Waals surface area (Å²) in [7, 11) is 0. The molecule has 30 heavy (non-hydrogen) atoms. The molecule has 2 heterocycles. The number of aryl methyl sites for hydroxylation is 2. The van der Waals surface area contributed by atoms with Crippen molar-refractivity contribution in [3.05, 3.63) is 76.1 Å². The first-order chi connectivity index (χ1) is 14.4. The maximum Gasteiger partial charge on any atom is 0.278 e. The van der Waals surface area contributed by atoms with Crippen LogP contribution in [0, 0.1) is 19.7 Å². The fourth-order valence-corrected chi connectivity index (χ4v) is 3.71. The maximum absolute atomic E-state index is 13.7. The van der Waals surface area contributed by atoms with Crippen molar-refractivity contribution in [1.82, 2.24) is 19.5 Å². The predicted molar refractivity (Wildman–Crippen MR) is 115 cm³/mol. The van der Waals surface area contributed by atoms with Gasteiger partial charge in [0.15, 0.2) is 16.3 Å². The number of anilines is 1. The minimum absolute atomic E-state index is 0.0303. The number of aromatic amines is 1. The molecule has 0 atom stereocenters. The fourth-order valence-electron chi connectivity index (χ4n) is 2.90. The predicted octanol–water partition coefficient (Wildman–Crippen LogP) is 3.60. The Morgan fingerprint density at radius 3 is 2.70 bits per heavy atom. The molecule has 4 rings (SSSR count). The highest BCUT2D eigenvalue weighted by Gasteiger charge is 2.17. The first-order valence-electron chi connectivity index (χ1n) is 9.14. The summed E-state index contributed by atoms with van der Waals surface area (Å²) in [4.78, 5) is 35.7. The number of halogens is 1. The lowest BCUT2D eigenvalue weighted by Crippen LogP contribution is -2.14. The molecule has 1 amide bonds. The van der Waals surface area contributed by atoms with Crippen LogP contribution in [0.2, 0.25) is 0 Å². The van der Waals surface area contributed by atoms with Gasteiger partial charge in [-0.15, -0.1) is 0 Å². The highest BCUT2D eigenvalue weighted by atomic mass is 32.2. The number of nitrogens with zero attached hydrogens (tertiary/aromatic N) is 3. The first kappa shape index (κ1) is 19.8. The first-order valence-corrected chi connectivity index (χ1v) is 10.1. The second-order valence-corrected chi connectivity index (χ2v) is 7.71. The summed E-state index contributed by atoms with van der Waals surface area (Å²) in [6.45, 7) is 3.63. The molecule has 0 aliphatic carbocycles. The van der Waals surface area contributed by atoms with E-state index in [2.05, 4.69) is 20.3 Å². The summed E-state index contributed by atoms with van der Waals surface area (Å²) >= 11 is 1.17. The van der Waals surface area contributed by atoms with Gasteiger partial charge in [0, 0.05) is 11.4 Å². The summed E-state index contributed by atoms with van der Waals surface area (Å²) in [5, 5.41) is 3.13. The molecule has 9 heteroatoms. The van der Waals surface area contributed by atoms with Crippen LogP contribution in [-0.2, 0) is 4.79 Å². The highest BCUT2D eigenvalue weighted by molar-refractivity contribution is 7.99. The summed E-state index contributed by atoms with van der Waals surface area (Å²) in [6.07, 6.45) is 1.32. The van der Waals surface area contributed by atoms with E-state index in [-0.39, 0.29) is 28.6 Å². The van der Waals surface area contributed by atoms with E-state index in [0.717, 1.165) is 11.3 Å². The third-order valence-corrected chi connectivity index (χ3v) is 5.44. The highest BCUT2D eigenvalue weighted by Crippen LogP contribution is 2.26. The van der Waals surface area contributed by atoms with Crippen LogP contribution in [0.3, 0.4) is 0 Å². The van der Waals surface area contributed by atoms with Gasteiger partial charge in [-0.05, 0) is 43.7 Å². The Morgan fingerprint density at radius 2 is 1.97 bits per heavy atom. The summed E-state index contributed by atoms with van der Waals surface area (Å²) < 4.78 is 15.4. The van der Waals surface area contributed by atoms with Gasteiger partial charge in [0.25, 0.3) is 5.56 Å². The number of hydrogen-bond donors (Lipinski definition) is 2. The SMILES string of the molecule is Cc1ccc(-n2c(SCC(=O)Nc3ccc(C)c(F)c3)nc3c(=O)[nH]cnc32)cc1. The Labute approximate surface area is 175 Å². The van der Waals surface area contributed by atoms with Gasteiger partial charge >= 0.3 is 0 Å². The lowest BCUT2D eigenvalue weighted by Gasteiger charge is -2.09. The monoisotopic (exact) mass is 423 g/mol. The van der Waals surface area contributed by atoms with Crippen molar-refractivity contribution >= 4 is 34.5 Å². The van der Waals surface area contributed by atoms with E-state index in [1.54, 1.807) is 23.6 Å². The normalized spacial score (nSPS) is 11.0. The van der Waals surface area contributed by atoms with Crippen molar-refractivity contribution in [2.75, 3.05) is 11.1 Å². The molecular formula is C21H18FN5O2S. The fraction of sp³-hybridized carbons (Fsp3) is 0.143. The molecule has 0 unspecified atom stereocenters. The molecule has 2 aromatic heterocycles. The van der Waals surface area contributed by atoms with Crippen LogP contribution in [-0.4, -0.2) is 31.2 Å². The van der Waals surface area contributed by atoms with Crippen LogP contribution in [0.4, 0.5) is 10.1 Å². The lowest BCUT2D eigenvalue weighted by atomic mass is 10.2. The minimum Gasteiger partial charge on any atom is -0.325 e. The number of fused-ring (bicyclic) bond motifs is 1. The molecule has 0 saturated carbocycles. The molecule has 0 bridgehead atoms. The smallest absolute Gasteiger partial charge is 0.278 e. The zero-order chi connectivity index (χ0) is 21.3. The van der Waals surface area contributed by atoms with Gasteiger partial charge in [-0.3, -0.25) is 14.2 Å². The van der Waals surface area contributed by atoms with Gasteiger partial charge in [0.2, 0.25) is 5.91 Å². The Bertz CT molecular complexity index is 1300. The number of hydrogen-bond acceptors (Lipinski definition) is 5. The zero-order valence-corrected chi connectivity index (χ0v) is 17.1. The summed E-state index contributed by atoms with van der Waals surface area (Å²) in [5.74, 6) is -0.665. The van der Waals surface area contributed by atoms with E-state index in [0.29, 0.717) is 22.1 Å². The number of amides is 1. The van der Waals surface area contributed by atoms with Crippen LogP contribution < -0.4 is 10.9 Å². The molecule has 0 aliphatic heterocycles. The number of H-pyrrole nitrogens is 1.